The minimum atomic E-state index is 0.0367. The van der Waals surface area contributed by atoms with Crippen LogP contribution in [-0.4, -0.2) is 38.6 Å². The first kappa shape index (κ1) is 20.1. The van der Waals surface area contributed by atoms with Gasteiger partial charge in [-0.15, -0.1) is 11.3 Å². The van der Waals surface area contributed by atoms with E-state index >= 15 is 0 Å². The van der Waals surface area contributed by atoms with Gasteiger partial charge in [0.2, 0.25) is 0 Å². The Hall–Kier alpha value is -2.20. The van der Waals surface area contributed by atoms with E-state index in [0.717, 1.165) is 57.0 Å². The molecule has 1 aromatic heterocycles. The summed E-state index contributed by atoms with van der Waals surface area (Å²) in [5.74, 6) is 0.699. The van der Waals surface area contributed by atoms with Gasteiger partial charge in [0.1, 0.15) is 43.8 Å². The normalized spacial score (nSPS) is 23.8. The topological polar surface area (TPSA) is 61.8 Å². The molecule has 0 radical (unpaired) electrons. The first-order chi connectivity index (χ1) is 14.1. The quantitative estimate of drug-likeness (QED) is 0.678. The molecule has 4 rings (SSSR count). The van der Waals surface area contributed by atoms with Crippen LogP contribution >= 0.6 is 11.3 Å². The average Bonchev–Trinajstić information content (AvgIpc) is 3.06. The van der Waals surface area contributed by atoms with Crippen molar-refractivity contribution in [1.82, 2.24) is 0 Å². The smallest absolute Gasteiger partial charge is 0.280 e. The van der Waals surface area contributed by atoms with Crippen LogP contribution in [0.1, 0.15) is 34.9 Å². The zero-order valence-electron chi connectivity index (χ0n) is 17.1. The molecule has 1 saturated heterocycles. The zero-order valence-corrected chi connectivity index (χ0v) is 17.9. The highest BCUT2D eigenvalue weighted by molar-refractivity contribution is 7.16. The molecule has 29 heavy (non-hydrogen) atoms. The van der Waals surface area contributed by atoms with Gasteiger partial charge in [-0.1, -0.05) is 37.3 Å². The highest BCUT2D eigenvalue weighted by Crippen LogP contribution is 2.39. The minimum Gasteiger partial charge on any atom is -0.322 e. The van der Waals surface area contributed by atoms with Crippen molar-refractivity contribution in [1.29, 1.82) is 5.26 Å². The Morgan fingerprint density at radius 1 is 1.21 bits per heavy atom. The number of carbonyl (C=O) groups excluding carboxylic acids is 1. The molecule has 1 aliphatic heterocycles. The number of hydrogen-bond acceptors (Lipinski definition) is 3. The highest BCUT2D eigenvalue weighted by atomic mass is 32.1. The molecule has 0 unspecified atom stereocenters. The number of nitrogens with one attached hydrogen (secondary N) is 3. The van der Waals surface area contributed by atoms with E-state index in [4.69, 9.17) is 0 Å². The number of rotatable bonds is 5. The van der Waals surface area contributed by atoms with E-state index in [0.29, 0.717) is 18.0 Å². The van der Waals surface area contributed by atoms with Gasteiger partial charge in [-0.2, -0.15) is 5.26 Å². The second-order valence-electron chi connectivity index (χ2n) is 8.56. The Morgan fingerprint density at radius 3 is 2.66 bits per heavy atom. The van der Waals surface area contributed by atoms with Crippen molar-refractivity contribution in [3.63, 3.8) is 0 Å². The van der Waals surface area contributed by atoms with Gasteiger partial charge in [-0.05, 0) is 30.7 Å². The van der Waals surface area contributed by atoms with Crippen LogP contribution in [0.3, 0.4) is 0 Å². The maximum absolute atomic E-state index is 12.7. The monoisotopic (exact) mass is 410 g/mol. The van der Waals surface area contributed by atoms with E-state index in [9.17, 15) is 10.1 Å². The average molecular weight is 411 g/mol. The molecule has 1 aliphatic carbocycles. The van der Waals surface area contributed by atoms with Gasteiger partial charge in [0.25, 0.3) is 5.91 Å². The van der Waals surface area contributed by atoms with Crippen LogP contribution in [0.5, 0.6) is 0 Å². The van der Waals surface area contributed by atoms with Crippen LogP contribution in [0.2, 0.25) is 0 Å². The van der Waals surface area contributed by atoms with Crippen molar-refractivity contribution in [3.05, 3.63) is 51.9 Å². The lowest BCUT2D eigenvalue weighted by Gasteiger charge is -2.29. The Bertz CT molecular complexity index is 894. The van der Waals surface area contributed by atoms with Crippen molar-refractivity contribution in [2.24, 2.45) is 5.92 Å². The Morgan fingerprint density at radius 2 is 1.93 bits per heavy atom. The van der Waals surface area contributed by atoms with Crippen molar-refractivity contribution < 1.29 is 14.6 Å². The number of benzene rings is 1. The lowest BCUT2D eigenvalue weighted by molar-refractivity contribution is -1.02. The van der Waals surface area contributed by atoms with Crippen molar-refractivity contribution in [3.8, 4) is 6.07 Å². The number of hydrogen-bond donors (Lipinski definition) is 3. The molecule has 2 aliphatic rings. The zero-order chi connectivity index (χ0) is 20.2. The molecule has 1 atom stereocenters. The van der Waals surface area contributed by atoms with Crippen molar-refractivity contribution in [2.45, 2.75) is 32.7 Å². The molecular formula is C23H30N4OS+2. The van der Waals surface area contributed by atoms with Crippen LogP contribution in [0.4, 0.5) is 5.00 Å². The highest BCUT2D eigenvalue weighted by Gasteiger charge is 2.27. The number of fused-ring (bicyclic) bond motifs is 1. The first-order valence-electron chi connectivity index (χ1n) is 10.7. The van der Waals surface area contributed by atoms with E-state index in [2.05, 4.69) is 48.6 Å². The molecule has 0 spiro atoms. The van der Waals surface area contributed by atoms with Crippen LogP contribution in [-0.2, 0) is 24.2 Å². The first-order valence-corrected chi connectivity index (χ1v) is 11.5. The summed E-state index contributed by atoms with van der Waals surface area (Å²) < 4.78 is 0. The Balaban J connectivity index is 1.29. The number of anilines is 1. The summed E-state index contributed by atoms with van der Waals surface area (Å²) in [6.07, 6.45) is 3.12. The number of quaternary nitrogens is 2. The third-order valence-electron chi connectivity index (χ3n) is 6.25. The van der Waals surface area contributed by atoms with Gasteiger partial charge < -0.3 is 15.1 Å². The Labute approximate surface area is 176 Å². The number of thiophene rings is 1. The van der Waals surface area contributed by atoms with Gasteiger partial charge in [0.15, 0.2) is 6.54 Å². The van der Waals surface area contributed by atoms with E-state index in [1.54, 1.807) is 16.2 Å². The summed E-state index contributed by atoms with van der Waals surface area (Å²) in [7, 11) is 0. The summed E-state index contributed by atoms with van der Waals surface area (Å²) in [4.78, 5) is 16.9. The molecule has 1 amide bonds. The predicted octanol–water partition coefficient (Wildman–Crippen LogP) is 0.667. The Kier molecular flexibility index (Phi) is 6.29. The van der Waals surface area contributed by atoms with Crippen LogP contribution in [0, 0.1) is 17.2 Å². The number of nitrogens with zero attached hydrogens (tertiary/aromatic N) is 1. The lowest BCUT2D eigenvalue weighted by atomic mass is 9.89. The fraction of sp³-hybridized carbons (Fsp3) is 0.478. The van der Waals surface area contributed by atoms with Crippen LogP contribution < -0.4 is 15.1 Å². The van der Waals surface area contributed by atoms with Gasteiger partial charge in [-0.25, -0.2) is 0 Å². The van der Waals surface area contributed by atoms with Crippen LogP contribution in [0.15, 0.2) is 30.3 Å². The van der Waals surface area contributed by atoms with Crippen molar-refractivity contribution in [2.75, 3.05) is 38.0 Å². The van der Waals surface area contributed by atoms with Crippen molar-refractivity contribution >= 4 is 22.2 Å². The predicted molar refractivity (Wildman–Crippen MR) is 115 cm³/mol. The molecule has 152 valence electrons. The standard InChI is InChI=1S/C23H28N4OS/c1-17-7-8-19-20(14-24)23(29-21(19)13-17)25-22(28)16-27-11-9-26(10-12-27)15-18-5-3-2-4-6-18/h2-6,17H,7-13,15-16H2,1H3,(H,25,28)/p+2/t17-/m1/s1. The fourth-order valence-electron chi connectivity index (χ4n) is 4.55. The molecule has 0 saturated carbocycles. The molecule has 5 nitrogen and oxygen atoms in total. The summed E-state index contributed by atoms with van der Waals surface area (Å²) in [6, 6.07) is 13.0. The largest absolute Gasteiger partial charge is 0.322 e. The molecule has 3 N–H and O–H groups in total. The fourth-order valence-corrected chi connectivity index (χ4v) is 5.93. The lowest BCUT2D eigenvalue weighted by Crippen LogP contribution is -3.28. The van der Waals surface area contributed by atoms with E-state index < -0.39 is 0 Å². The molecular weight excluding hydrogens is 380 g/mol. The number of carbonyl (C=O) groups is 1. The SMILES string of the molecule is C[C@@H]1CCc2c(sc(NC(=O)C[NH+]3CC[NH+](Cc4ccccc4)CC3)c2C#N)C1. The second-order valence-corrected chi connectivity index (χ2v) is 9.66. The van der Waals surface area contributed by atoms with Gasteiger partial charge in [0, 0.05) is 10.4 Å². The van der Waals surface area contributed by atoms with Gasteiger partial charge in [0.05, 0.1) is 5.56 Å². The number of nitriles is 1. The van der Waals surface area contributed by atoms with Gasteiger partial charge >= 0.3 is 0 Å². The maximum atomic E-state index is 12.7. The minimum absolute atomic E-state index is 0.0367. The summed E-state index contributed by atoms with van der Waals surface area (Å²) in [5.41, 5.74) is 3.26. The van der Waals surface area contributed by atoms with E-state index in [1.165, 1.54) is 20.9 Å². The van der Waals surface area contributed by atoms with E-state index in [1.807, 2.05) is 0 Å². The molecule has 0 bridgehead atoms. The maximum Gasteiger partial charge on any atom is 0.280 e. The molecule has 6 heteroatoms. The number of piperazine rings is 1. The third kappa shape index (κ3) is 4.87. The summed E-state index contributed by atoms with van der Waals surface area (Å²) in [5, 5.41) is 13.4. The van der Waals surface area contributed by atoms with E-state index in [-0.39, 0.29) is 5.91 Å². The number of amides is 1. The van der Waals surface area contributed by atoms with Gasteiger partial charge in [-0.3, -0.25) is 4.79 Å². The molecule has 2 aromatic rings. The second kappa shape index (κ2) is 9.08. The summed E-state index contributed by atoms with van der Waals surface area (Å²) in [6.45, 7) is 8.01. The third-order valence-corrected chi connectivity index (χ3v) is 7.42. The summed E-state index contributed by atoms with van der Waals surface area (Å²) >= 11 is 1.61. The van der Waals surface area contributed by atoms with Crippen LogP contribution in [0.25, 0.3) is 0 Å². The molecule has 2 heterocycles. The molecule has 1 aromatic carbocycles. The molecule has 1 fully saturated rings.